The Morgan fingerprint density at radius 2 is 2.15 bits per heavy atom. The molecule has 3 nitrogen and oxygen atoms in total. The molecule has 1 N–H and O–H groups in total. The summed E-state index contributed by atoms with van der Waals surface area (Å²) in [5, 5.41) is 4.20. The van der Waals surface area contributed by atoms with Crippen molar-refractivity contribution in [3.63, 3.8) is 0 Å². The van der Waals surface area contributed by atoms with Gasteiger partial charge >= 0.3 is 0 Å². The van der Waals surface area contributed by atoms with Crippen LogP contribution in [-0.4, -0.2) is 24.5 Å². The van der Waals surface area contributed by atoms with Crippen LogP contribution in [0, 0.1) is 0 Å². The van der Waals surface area contributed by atoms with Gasteiger partial charge in [-0.15, -0.1) is 0 Å². The molecule has 1 heterocycles. The van der Waals surface area contributed by atoms with Crippen molar-refractivity contribution >= 4 is 11.6 Å². The van der Waals surface area contributed by atoms with Gasteiger partial charge in [-0.3, -0.25) is 4.90 Å². The minimum absolute atomic E-state index is 0.434. The summed E-state index contributed by atoms with van der Waals surface area (Å²) in [6.45, 7) is 4.78. The van der Waals surface area contributed by atoms with Gasteiger partial charge in [-0.1, -0.05) is 23.7 Å². The van der Waals surface area contributed by atoms with Crippen molar-refractivity contribution in [2.45, 2.75) is 26.1 Å². The largest absolute Gasteiger partial charge is 0.468 e. The molecule has 1 atom stereocenters. The fourth-order valence-corrected chi connectivity index (χ4v) is 2.27. The van der Waals surface area contributed by atoms with Crippen LogP contribution in [0.3, 0.4) is 0 Å². The van der Waals surface area contributed by atoms with Crippen LogP contribution in [0.2, 0.25) is 5.02 Å². The quantitative estimate of drug-likeness (QED) is 0.846. The Hall–Kier alpha value is -1.29. The average molecular weight is 293 g/mol. The molecule has 1 unspecified atom stereocenters. The molecule has 0 aliphatic rings. The summed E-state index contributed by atoms with van der Waals surface area (Å²) < 4.78 is 5.29. The van der Waals surface area contributed by atoms with Crippen molar-refractivity contribution in [1.29, 1.82) is 0 Å². The SMILES string of the molecule is CC(CNCc1ccco1)N(C)Cc1cccc(Cl)c1. The molecule has 0 spiro atoms. The Morgan fingerprint density at radius 1 is 1.30 bits per heavy atom. The molecule has 0 saturated heterocycles. The lowest BCUT2D eigenvalue weighted by atomic mass is 10.2. The van der Waals surface area contributed by atoms with Gasteiger partial charge < -0.3 is 9.73 Å². The highest BCUT2D eigenvalue weighted by molar-refractivity contribution is 6.30. The first-order valence-corrected chi connectivity index (χ1v) is 7.20. The molecule has 0 amide bonds. The van der Waals surface area contributed by atoms with Crippen LogP contribution < -0.4 is 5.32 Å². The van der Waals surface area contributed by atoms with E-state index in [-0.39, 0.29) is 0 Å². The second-order valence-corrected chi connectivity index (χ2v) is 5.54. The number of nitrogens with one attached hydrogen (secondary N) is 1. The van der Waals surface area contributed by atoms with Gasteiger partial charge in [-0.05, 0) is 43.8 Å². The van der Waals surface area contributed by atoms with Gasteiger partial charge in [0.15, 0.2) is 0 Å². The van der Waals surface area contributed by atoms with Crippen LogP contribution in [0.5, 0.6) is 0 Å². The van der Waals surface area contributed by atoms with Gasteiger partial charge in [0.1, 0.15) is 5.76 Å². The number of benzene rings is 1. The van der Waals surface area contributed by atoms with Gasteiger partial charge in [0.25, 0.3) is 0 Å². The Bertz CT molecular complexity index is 513. The van der Waals surface area contributed by atoms with Gasteiger partial charge in [0, 0.05) is 24.2 Å². The third kappa shape index (κ3) is 4.67. The van der Waals surface area contributed by atoms with Gasteiger partial charge in [0.2, 0.25) is 0 Å². The van der Waals surface area contributed by atoms with Crippen LogP contribution in [0.25, 0.3) is 0 Å². The van der Waals surface area contributed by atoms with Crippen LogP contribution in [0.4, 0.5) is 0 Å². The fourth-order valence-electron chi connectivity index (χ4n) is 2.05. The molecule has 4 heteroatoms. The lowest BCUT2D eigenvalue weighted by Crippen LogP contribution is -2.37. The summed E-state index contributed by atoms with van der Waals surface area (Å²) >= 11 is 6.01. The Morgan fingerprint density at radius 3 is 2.85 bits per heavy atom. The molecule has 0 radical (unpaired) electrons. The molecule has 0 fully saturated rings. The molecule has 1 aromatic carbocycles. The Labute approximate surface area is 125 Å². The lowest BCUT2D eigenvalue weighted by Gasteiger charge is -2.25. The molecular weight excluding hydrogens is 272 g/mol. The highest BCUT2D eigenvalue weighted by Crippen LogP contribution is 2.13. The van der Waals surface area contributed by atoms with Crippen molar-refractivity contribution in [2.75, 3.05) is 13.6 Å². The van der Waals surface area contributed by atoms with E-state index in [1.807, 2.05) is 30.3 Å². The molecule has 2 rings (SSSR count). The maximum atomic E-state index is 6.01. The van der Waals surface area contributed by atoms with E-state index in [1.165, 1.54) is 5.56 Å². The van der Waals surface area contributed by atoms with E-state index in [2.05, 4.69) is 30.3 Å². The van der Waals surface area contributed by atoms with E-state index in [0.717, 1.165) is 30.4 Å². The maximum Gasteiger partial charge on any atom is 0.117 e. The van der Waals surface area contributed by atoms with Gasteiger partial charge in [-0.25, -0.2) is 0 Å². The highest BCUT2D eigenvalue weighted by Gasteiger charge is 2.09. The van der Waals surface area contributed by atoms with E-state index in [9.17, 15) is 0 Å². The second kappa shape index (κ2) is 7.48. The number of likely N-dealkylation sites (N-methyl/N-ethyl adjacent to an activating group) is 1. The number of furan rings is 1. The molecule has 0 bridgehead atoms. The number of nitrogens with zero attached hydrogens (tertiary/aromatic N) is 1. The van der Waals surface area contributed by atoms with Crippen molar-refractivity contribution in [3.8, 4) is 0 Å². The van der Waals surface area contributed by atoms with Crippen LogP contribution in [0.15, 0.2) is 47.1 Å². The van der Waals surface area contributed by atoms with E-state index >= 15 is 0 Å². The first-order valence-electron chi connectivity index (χ1n) is 6.83. The number of halogens is 1. The summed E-state index contributed by atoms with van der Waals surface area (Å²) in [4.78, 5) is 2.31. The van der Waals surface area contributed by atoms with E-state index < -0.39 is 0 Å². The van der Waals surface area contributed by atoms with Crippen molar-refractivity contribution in [2.24, 2.45) is 0 Å². The topological polar surface area (TPSA) is 28.4 Å². The first-order chi connectivity index (χ1) is 9.65. The van der Waals surface area contributed by atoms with Crippen molar-refractivity contribution in [3.05, 3.63) is 59.0 Å². The summed E-state index contributed by atoms with van der Waals surface area (Å²) in [7, 11) is 2.13. The number of hydrogen-bond acceptors (Lipinski definition) is 3. The van der Waals surface area contributed by atoms with Crippen LogP contribution in [-0.2, 0) is 13.1 Å². The normalized spacial score (nSPS) is 12.8. The standard InChI is InChI=1S/C16H21ClN2O/c1-13(10-18-11-16-7-4-8-20-16)19(2)12-14-5-3-6-15(17)9-14/h3-9,13,18H,10-12H2,1-2H3. The van der Waals surface area contributed by atoms with Crippen LogP contribution >= 0.6 is 11.6 Å². The summed E-state index contributed by atoms with van der Waals surface area (Å²) in [6, 6.07) is 12.3. The summed E-state index contributed by atoms with van der Waals surface area (Å²) in [6.07, 6.45) is 1.70. The van der Waals surface area contributed by atoms with E-state index in [1.54, 1.807) is 6.26 Å². The summed E-state index contributed by atoms with van der Waals surface area (Å²) in [5.41, 5.74) is 1.23. The fraction of sp³-hybridized carbons (Fsp3) is 0.375. The first kappa shape index (κ1) is 15.1. The molecule has 108 valence electrons. The molecule has 0 saturated carbocycles. The minimum Gasteiger partial charge on any atom is -0.468 e. The average Bonchev–Trinajstić information content (AvgIpc) is 2.91. The second-order valence-electron chi connectivity index (χ2n) is 5.10. The molecule has 1 aromatic heterocycles. The minimum atomic E-state index is 0.434. The van der Waals surface area contributed by atoms with E-state index in [0.29, 0.717) is 6.04 Å². The number of rotatable bonds is 7. The Balaban J connectivity index is 1.75. The Kier molecular flexibility index (Phi) is 5.65. The molecule has 2 aromatic rings. The highest BCUT2D eigenvalue weighted by atomic mass is 35.5. The zero-order valence-electron chi connectivity index (χ0n) is 12.0. The predicted molar refractivity (Wildman–Crippen MR) is 82.8 cm³/mol. The molecule has 20 heavy (non-hydrogen) atoms. The zero-order chi connectivity index (χ0) is 14.4. The predicted octanol–water partition coefficient (Wildman–Crippen LogP) is 3.54. The molecule has 0 aliphatic carbocycles. The van der Waals surface area contributed by atoms with Gasteiger partial charge in [0.05, 0.1) is 12.8 Å². The summed E-state index contributed by atoms with van der Waals surface area (Å²) in [5.74, 6) is 0.967. The number of hydrogen-bond donors (Lipinski definition) is 1. The molecular formula is C16H21ClN2O. The maximum absolute atomic E-state index is 6.01. The van der Waals surface area contributed by atoms with Crippen molar-refractivity contribution < 1.29 is 4.42 Å². The monoisotopic (exact) mass is 292 g/mol. The smallest absolute Gasteiger partial charge is 0.117 e. The van der Waals surface area contributed by atoms with Crippen molar-refractivity contribution in [1.82, 2.24) is 10.2 Å². The third-order valence-electron chi connectivity index (χ3n) is 3.39. The zero-order valence-corrected chi connectivity index (χ0v) is 12.7. The third-order valence-corrected chi connectivity index (χ3v) is 3.63. The van der Waals surface area contributed by atoms with Gasteiger partial charge in [-0.2, -0.15) is 0 Å². The molecule has 0 aliphatic heterocycles. The lowest BCUT2D eigenvalue weighted by molar-refractivity contribution is 0.241. The van der Waals surface area contributed by atoms with E-state index in [4.69, 9.17) is 16.0 Å². The van der Waals surface area contributed by atoms with Crippen LogP contribution in [0.1, 0.15) is 18.2 Å².